The van der Waals surface area contributed by atoms with Crippen molar-refractivity contribution in [1.82, 2.24) is 0 Å². The van der Waals surface area contributed by atoms with Gasteiger partial charge in [0.05, 0.1) is 5.02 Å². The van der Waals surface area contributed by atoms with Gasteiger partial charge in [0.25, 0.3) is 0 Å². The Morgan fingerprint density at radius 3 is 2.64 bits per heavy atom. The number of para-hydroxylation sites is 1. The van der Waals surface area contributed by atoms with Gasteiger partial charge in [-0.25, -0.2) is 0 Å². The predicted molar refractivity (Wildman–Crippen MR) is 47.5 cm³/mol. The number of hydrogen-bond acceptors (Lipinski definition) is 4. The number of rotatable bonds is 2. The molecule has 11 heavy (non-hydrogen) atoms. The van der Waals surface area contributed by atoms with Gasteiger partial charge in [-0.05, 0) is 21.8 Å². The summed E-state index contributed by atoms with van der Waals surface area (Å²) in [5, 5.41) is 0.408. The summed E-state index contributed by atoms with van der Waals surface area (Å²) in [6, 6.07) is 6.72. The Bertz CT molecular complexity index is 314. The largest absolute Gasteiger partial charge is 0.550 e. The van der Waals surface area contributed by atoms with Gasteiger partial charge in [0.15, 0.2) is 0 Å². The van der Waals surface area contributed by atoms with Crippen molar-refractivity contribution in [2.24, 2.45) is 0 Å². The van der Waals surface area contributed by atoms with Gasteiger partial charge in [-0.2, -0.15) is 11.2 Å². The average molecular weight is 208 g/mol. The lowest BCUT2D eigenvalue weighted by Crippen LogP contribution is -1.87. The Hall–Kier alpha value is -0.320. The minimum atomic E-state index is -1.73. The molecule has 0 N–H and O–H groups in total. The summed E-state index contributed by atoms with van der Waals surface area (Å²) in [4.78, 5) is 0. The molecular formula is C6H4ClO2S2-. The van der Waals surface area contributed by atoms with E-state index in [0.717, 1.165) is 0 Å². The standard InChI is InChI=1S/C6H4ClO2S2/c7-5-3-1-2-4-6(5)9-11(8)10/h1-4H/q-1. The molecule has 0 radical (unpaired) electrons. The molecule has 1 aromatic carbocycles. The summed E-state index contributed by atoms with van der Waals surface area (Å²) in [6.45, 7) is 0. The maximum Gasteiger partial charge on any atom is 0.119 e. The van der Waals surface area contributed by atoms with E-state index in [0.29, 0.717) is 10.8 Å². The normalized spacial score (nSPS) is 10.0. The highest BCUT2D eigenvalue weighted by atomic mass is 35.5. The SMILES string of the molecule is O=[S-](=S)Oc1ccccc1Cl. The summed E-state index contributed by atoms with van der Waals surface area (Å²) in [6.07, 6.45) is 0. The Labute approximate surface area is 76.0 Å². The van der Waals surface area contributed by atoms with Crippen LogP contribution in [-0.4, -0.2) is 0 Å². The van der Waals surface area contributed by atoms with Crippen molar-refractivity contribution in [1.29, 1.82) is 0 Å². The van der Waals surface area contributed by atoms with Crippen LogP contribution in [0.1, 0.15) is 0 Å². The summed E-state index contributed by atoms with van der Waals surface area (Å²) in [7, 11) is -1.73. The van der Waals surface area contributed by atoms with Crippen molar-refractivity contribution in [3.05, 3.63) is 29.3 Å². The van der Waals surface area contributed by atoms with E-state index in [2.05, 4.69) is 11.2 Å². The lowest BCUT2D eigenvalue weighted by atomic mass is 10.3. The molecule has 2 nitrogen and oxygen atoms in total. The second kappa shape index (κ2) is 3.90. The number of benzene rings is 1. The zero-order valence-electron chi connectivity index (χ0n) is 5.32. The van der Waals surface area contributed by atoms with Crippen LogP contribution >= 0.6 is 11.6 Å². The second-order valence-electron chi connectivity index (χ2n) is 1.72. The third kappa shape index (κ3) is 2.65. The molecule has 5 heteroatoms. The van der Waals surface area contributed by atoms with Crippen molar-refractivity contribution < 1.29 is 8.39 Å². The number of halogens is 1. The Morgan fingerprint density at radius 1 is 1.45 bits per heavy atom. The van der Waals surface area contributed by atoms with Gasteiger partial charge in [0.1, 0.15) is 5.75 Å². The molecule has 60 valence electrons. The highest BCUT2D eigenvalue weighted by Crippen LogP contribution is 2.22. The first-order valence-corrected chi connectivity index (χ1v) is 5.10. The highest BCUT2D eigenvalue weighted by molar-refractivity contribution is 8.19. The van der Waals surface area contributed by atoms with Crippen molar-refractivity contribution in [3.63, 3.8) is 0 Å². The molecule has 0 bridgehead atoms. The van der Waals surface area contributed by atoms with Crippen LogP contribution in [0, 0.1) is 0 Å². The van der Waals surface area contributed by atoms with Crippen LogP contribution in [0.25, 0.3) is 0 Å². The van der Waals surface area contributed by atoms with E-state index in [9.17, 15) is 4.21 Å². The van der Waals surface area contributed by atoms with Crippen LogP contribution in [0.15, 0.2) is 24.3 Å². The molecule has 0 heterocycles. The van der Waals surface area contributed by atoms with Crippen molar-refractivity contribution in [2.45, 2.75) is 0 Å². The molecule has 0 unspecified atom stereocenters. The first-order chi connectivity index (χ1) is 5.20. The Morgan fingerprint density at radius 2 is 2.09 bits per heavy atom. The van der Waals surface area contributed by atoms with E-state index in [-0.39, 0.29) is 0 Å². The van der Waals surface area contributed by atoms with E-state index in [4.69, 9.17) is 15.8 Å². The Kier molecular flexibility index (Phi) is 3.11. The first-order valence-electron chi connectivity index (χ1n) is 2.72. The van der Waals surface area contributed by atoms with Crippen LogP contribution < -0.4 is 4.18 Å². The maximum absolute atomic E-state index is 10.4. The van der Waals surface area contributed by atoms with Gasteiger partial charge in [-0.15, -0.1) is 0 Å². The van der Waals surface area contributed by atoms with E-state index in [1.807, 2.05) is 0 Å². The highest BCUT2D eigenvalue weighted by Gasteiger charge is 1.93. The van der Waals surface area contributed by atoms with Crippen LogP contribution in [0.4, 0.5) is 0 Å². The smallest absolute Gasteiger partial charge is 0.119 e. The van der Waals surface area contributed by atoms with Gasteiger partial charge in [-0.3, -0.25) is 0 Å². The fraction of sp³-hybridized carbons (Fsp3) is 0. The van der Waals surface area contributed by atoms with Gasteiger partial charge in [-0.1, -0.05) is 23.7 Å². The van der Waals surface area contributed by atoms with Gasteiger partial charge >= 0.3 is 0 Å². The molecule has 0 fully saturated rings. The lowest BCUT2D eigenvalue weighted by molar-refractivity contribution is 0.536. The molecule has 0 atom stereocenters. The molecule has 0 amide bonds. The monoisotopic (exact) mass is 207 g/mol. The minimum Gasteiger partial charge on any atom is -0.550 e. The van der Waals surface area contributed by atoms with Gasteiger partial charge in [0.2, 0.25) is 0 Å². The zero-order valence-corrected chi connectivity index (χ0v) is 7.71. The molecule has 0 aliphatic rings. The quantitative estimate of drug-likeness (QED) is 0.695. The molecule has 0 aliphatic heterocycles. The van der Waals surface area contributed by atoms with E-state index >= 15 is 0 Å². The number of hydrogen-bond donors (Lipinski definition) is 0. The van der Waals surface area contributed by atoms with Crippen LogP contribution in [-0.2, 0) is 25.0 Å². The van der Waals surface area contributed by atoms with Crippen molar-refractivity contribution >= 4 is 32.4 Å². The van der Waals surface area contributed by atoms with Crippen molar-refractivity contribution in [3.8, 4) is 5.75 Å². The van der Waals surface area contributed by atoms with Gasteiger partial charge < -0.3 is 8.39 Å². The summed E-state index contributed by atoms with van der Waals surface area (Å²) >= 11 is 9.97. The first kappa shape index (κ1) is 8.77. The zero-order chi connectivity index (χ0) is 8.27. The lowest BCUT2D eigenvalue weighted by Gasteiger charge is -2.07. The molecule has 1 rings (SSSR count). The molecule has 0 saturated carbocycles. The van der Waals surface area contributed by atoms with Crippen LogP contribution in [0.5, 0.6) is 5.75 Å². The third-order valence-electron chi connectivity index (χ3n) is 0.994. The second-order valence-corrected chi connectivity index (χ2v) is 3.52. The molecule has 0 spiro atoms. The van der Waals surface area contributed by atoms with Gasteiger partial charge in [0, 0.05) is 0 Å². The molecule has 0 aromatic heterocycles. The summed E-state index contributed by atoms with van der Waals surface area (Å²) < 4.78 is 15.1. The van der Waals surface area contributed by atoms with E-state index < -0.39 is 9.64 Å². The molecule has 0 saturated heterocycles. The Balaban J connectivity index is 2.94. The fourth-order valence-electron chi connectivity index (χ4n) is 0.586. The molecular weight excluding hydrogens is 204 g/mol. The van der Waals surface area contributed by atoms with Crippen LogP contribution in [0.3, 0.4) is 0 Å². The summed E-state index contributed by atoms with van der Waals surface area (Å²) in [5.74, 6) is 0.350. The maximum atomic E-state index is 10.4. The third-order valence-corrected chi connectivity index (χ3v) is 1.83. The predicted octanol–water partition coefficient (Wildman–Crippen LogP) is 2.06. The van der Waals surface area contributed by atoms with Crippen LogP contribution in [0.2, 0.25) is 5.02 Å². The van der Waals surface area contributed by atoms with Crippen molar-refractivity contribution in [2.75, 3.05) is 0 Å². The topological polar surface area (TPSA) is 26.3 Å². The fourth-order valence-corrected chi connectivity index (χ4v) is 1.32. The molecule has 1 aromatic rings. The van der Waals surface area contributed by atoms with E-state index in [1.54, 1.807) is 24.3 Å². The minimum absolute atomic E-state index is 0.350. The summed E-state index contributed by atoms with van der Waals surface area (Å²) in [5.41, 5.74) is 0. The molecule has 0 aliphatic carbocycles. The average Bonchev–Trinajstić information content (AvgIpc) is 1.93. The van der Waals surface area contributed by atoms with E-state index in [1.165, 1.54) is 0 Å².